The van der Waals surface area contributed by atoms with Gasteiger partial charge in [-0.3, -0.25) is 4.79 Å². The van der Waals surface area contributed by atoms with Gasteiger partial charge in [0.25, 0.3) is 5.56 Å². The van der Waals surface area contributed by atoms with Crippen LogP contribution in [-0.4, -0.2) is 21.7 Å². The number of hydrogen-bond donors (Lipinski definition) is 0. The number of aromatic nitrogens is 3. The summed E-state index contributed by atoms with van der Waals surface area (Å²) in [6.07, 6.45) is 1.64. The fourth-order valence-electron chi connectivity index (χ4n) is 2.44. The van der Waals surface area contributed by atoms with Gasteiger partial charge in [0.05, 0.1) is 11.6 Å². The van der Waals surface area contributed by atoms with E-state index in [-0.39, 0.29) is 11.4 Å². The van der Waals surface area contributed by atoms with E-state index in [2.05, 4.69) is 10.1 Å². The molecule has 4 rings (SSSR count). The van der Waals surface area contributed by atoms with Gasteiger partial charge in [0, 0.05) is 5.56 Å². The summed E-state index contributed by atoms with van der Waals surface area (Å²) in [7, 11) is 1.60. The molecular weight excluding hydrogens is 341 g/mol. The molecule has 2 aromatic heterocycles. The summed E-state index contributed by atoms with van der Waals surface area (Å²) in [6.45, 7) is 0. The normalized spacial score (nSPS) is 12.0. The van der Waals surface area contributed by atoms with Gasteiger partial charge in [0.15, 0.2) is 5.82 Å². The van der Waals surface area contributed by atoms with Crippen LogP contribution in [0.3, 0.4) is 0 Å². The molecule has 124 valence electrons. The van der Waals surface area contributed by atoms with Crippen molar-refractivity contribution < 1.29 is 9.13 Å². The van der Waals surface area contributed by atoms with Crippen molar-refractivity contribution in [2.45, 2.75) is 0 Å². The van der Waals surface area contributed by atoms with E-state index in [0.717, 1.165) is 11.3 Å². The topological polar surface area (TPSA) is 56.5 Å². The Kier molecular flexibility index (Phi) is 3.77. The molecule has 0 atom stereocenters. The zero-order valence-electron chi connectivity index (χ0n) is 13.1. The van der Waals surface area contributed by atoms with Crippen LogP contribution in [0.2, 0.25) is 0 Å². The molecule has 0 radical (unpaired) electrons. The SMILES string of the molecule is COc1ccc(-c2nc3sc(=Cc4cccc(F)c4)c(=O)n3n2)cc1. The van der Waals surface area contributed by atoms with Gasteiger partial charge < -0.3 is 4.74 Å². The lowest BCUT2D eigenvalue weighted by Gasteiger charge is -1.99. The number of halogens is 1. The molecule has 0 aliphatic heterocycles. The summed E-state index contributed by atoms with van der Waals surface area (Å²) in [6, 6.07) is 13.4. The van der Waals surface area contributed by atoms with Crippen LogP contribution in [0.25, 0.3) is 22.4 Å². The van der Waals surface area contributed by atoms with E-state index in [4.69, 9.17) is 4.74 Å². The highest BCUT2D eigenvalue weighted by molar-refractivity contribution is 7.15. The van der Waals surface area contributed by atoms with Gasteiger partial charge in [-0.15, -0.1) is 5.10 Å². The van der Waals surface area contributed by atoms with Gasteiger partial charge in [-0.1, -0.05) is 23.5 Å². The van der Waals surface area contributed by atoms with Crippen LogP contribution in [0.5, 0.6) is 5.75 Å². The van der Waals surface area contributed by atoms with Crippen molar-refractivity contribution in [3.8, 4) is 17.1 Å². The van der Waals surface area contributed by atoms with E-state index in [9.17, 15) is 9.18 Å². The zero-order chi connectivity index (χ0) is 17.4. The Balaban J connectivity index is 1.77. The molecule has 0 N–H and O–H groups in total. The highest BCUT2D eigenvalue weighted by Gasteiger charge is 2.12. The first-order chi connectivity index (χ1) is 12.1. The molecule has 0 aliphatic rings. The monoisotopic (exact) mass is 353 g/mol. The Morgan fingerprint density at radius 1 is 1.20 bits per heavy atom. The van der Waals surface area contributed by atoms with Gasteiger partial charge in [0.1, 0.15) is 11.6 Å². The summed E-state index contributed by atoms with van der Waals surface area (Å²) < 4.78 is 20.1. The van der Waals surface area contributed by atoms with Crippen molar-refractivity contribution in [2.24, 2.45) is 0 Å². The standard InChI is InChI=1S/C18H12FN3O2S/c1-24-14-7-5-12(6-8-14)16-20-18-22(21-16)17(23)15(25-18)10-11-3-2-4-13(19)9-11/h2-10H,1H3. The first kappa shape index (κ1) is 15.5. The Bertz CT molecular complexity index is 1170. The first-order valence-corrected chi connectivity index (χ1v) is 8.27. The molecule has 2 aromatic carbocycles. The number of fused-ring (bicyclic) bond motifs is 1. The summed E-state index contributed by atoms with van der Waals surface area (Å²) in [4.78, 5) is 17.4. The molecule has 0 spiro atoms. The average Bonchev–Trinajstić information content (AvgIpc) is 3.15. The van der Waals surface area contributed by atoms with Crippen molar-refractivity contribution in [1.29, 1.82) is 0 Å². The number of methoxy groups -OCH3 is 1. The maximum absolute atomic E-state index is 13.3. The van der Waals surface area contributed by atoms with Gasteiger partial charge in [-0.05, 0) is 48.0 Å². The third kappa shape index (κ3) is 2.89. The number of thiazole rings is 1. The fourth-order valence-corrected chi connectivity index (χ4v) is 3.35. The Morgan fingerprint density at radius 2 is 2.00 bits per heavy atom. The van der Waals surface area contributed by atoms with E-state index in [1.54, 1.807) is 25.3 Å². The molecule has 5 nitrogen and oxygen atoms in total. The number of benzene rings is 2. The minimum atomic E-state index is -0.345. The molecule has 4 aromatic rings. The van der Waals surface area contributed by atoms with E-state index >= 15 is 0 Å². The lowest BCUT2D eigenvalue weighted by molar-refractivity contribution is 0.415. The molecule has 25 heavy (non-hydrogen) atoms. The Labute approximate surface area is 145 Å². The van der Waals surface area contributed by atoms with Crippen LogP contribution in [0.1, 0.15) is 5.56 Å². The van der Waals surface area contributed by atoms with Crippen LogP contribution in [-0.2, 0) is 0 Å². The predicted octanol–water partition coefficient (Wildman–Crippen LogP) is 2.51. The quantitative estimate of drug-likeness (QED) is 0.568. The molecule has 2 heterocycles. The number of ether oxygens (including phenoxy) is 1. The van der Waals surface area contributed by atoms with E-state index < -0.39 is 0 Å². The Morgan fingerprint density at radius 3 is 2.68 bits per heavy atom. The summed E-state index contributed by atoms with van der Waals surface area (Å²) in [5.41, 5.74) is 1.15. The van der Waals surface area contributed by atoms with E-state index in [1.807, 2.05) is 24.3 Å². The van der Waals surface area contributed by atoms with Crippen molar-refractivity contribution in [1.82, 2.24) is 14.6 Å². The molecule has 0 saturated heterocycles. The van der Waals surface area contributed by atoms with Crippen LogP contribution in [0, 0.1) is 5.82 Å². The summed E-state index contributed by atoms with van der Waals surface area (Å²) in [5.74, 6) is 0.868. The second-order valence-electron chi connectivity index (χ2n) is 5.33. The van der Waals surface area contributed by atoms with Gasteiger partial charge >= 0.3 is 0 Å². The van der Waals surface area contributed by atoms with Gasteiger partial charge in [-0.25, -0.2) is 4.39 Å². The van der Waals surface area contributed by atoms with Crippen LogP contribution >= 0.6 is 11.3 Å². The number of nitrogens with zero attached hydrogens (tertiary/aromatic N) is 3. The van der Waals surface area contributed by atoms with Crippen molar-refractivity contribution in [3.05, 3.63) is 74.8 Å². The number of rotatable bonds is 3. The summed E-state index contributed by atoms with van der Waals surface area (Å²) >= 11 is 1.22. The largest absolute Gasteiger partial charge is 0.497 e. The van der Waals surface area contributed by atoms with Gasteiger partial charge in [0.2, 0.25) is 4.96 Å². The third-order valence-corrected chi connectivity index (χ3v) is 4.64. The second-order valence-corrected chi connectivity index (χ2v) is 6.34. The molecule has 0 bridgehead atoms. The highest BCUT2D eigenvalue weighted by Crippen LogP contribution is 2.20. The van der Waals surface area contributed by atoms with E-state index in [1.165, 1.54) is 28.0 Å². The van der Waals surface area contributed by atoms with Crippen LogP contribution in [0.15, 0.2) is 53.3 Å². The zero-order valence-corrected chi connectivity index (χ0v) is 14.0. The van der Waals surface area contributed by atoms with Crippen molar-refractivity contribution in [2.75, 3.05) is 7.11 Å². The second kappa shape index (κ2) is 6.10. The smallest absolute Gasteiger partial charge is 0.291 e. The van der Waals surface area contributed by atoms with E-state index in [0.29, 0.717) is 20.9 Å². The predicted molar refractivity (Wildman–Crippen MR) is 94.3 cm³/mol. The molecule has 0 unspecified atom stereocenters. The lowest BCUT2D eigenvalue weighted by atomic mass is 10.2. The van der Waals surface area contributed by atoms with Gasteiger partial charge in [-0.2, -0.15) is 9.50 Å². The molecule has 0 aliphatic carbocycles. The molecule has 0 saturated carbocycles. The lowest BCUT2D eigenvalue weighted by Crippen LogP contribution is -2.23. The molecule has 0 fully saturated rings. The molecule has 7 heteroatoms. The summed E-state index contributed by atoms with van der Waals surface area (Å²) in [5, 5.41) is 4.29. The maximum atomic E-state index is 13.3. The van der Waals surface area contributed by atoms with Crippen LogP contribution in [0.4, 0.5) is 4.39 Å². The minimum absolute atomic E-state index is 0.267. The van der Waals surface area contributed by atoms with Crippen molar-refractivity contribution in [3.63, 3.8) is 0 Å². The molecular formula is C18H12FN3O2S. The third-order valence-electron chi connectivity index (χ3n) is 3.68. The molecule has 0 amide bonds. The maximum Gasteiger partial charge on any atom is 0.291 e. The number of hydrogen-bond acceptors (Lipinski definition) is 5. The van der Waals surface area contributed by atoms with Crippen molar-refractivity contribution >= 4 is 22.4 Å². The minimum Gasteiger partial charge on any atom is -0.497 e. The first-order valence-electron chi connectivity index (χ1n) is 7.45. The highest BCUT2D eigenvalue weighted by atomic mass is 32.1. The van der Waals surface area contributed by atoms with Crippen LogP contribution < -0.4 is 14.8 Å². The average molecular weight is 353 g/mol. The fraction of sp³-hybridized carbons (Fsp3) is 0.0556. The Hall–Kier alpha value is -3.06.